The van der Waals surface area contributed by atoms with Gasteiger partial charge in [-0.15, -0.1) is 0 Å². The van der Waals surface area contributed by atoms with Crippen molar-refractivity contribution in [3.8, 4) is 6.07 Å². The second-order valence-corrected chi connectivity index (χ2v) is 3.33. The number of aromatic nitrogens is 1. The van der Waals surface area contributed by atoms with E-state index in [1.807, 2.05) is 6.07 Å². The number of nitrogens with two attached hydrogens (primary N) is 1. The zero-order chi connectivity index (χ0) is 11.3. The summed E-state index contributed by atoms with van der Waals surface area (Å²) in [6, 6.07) is 3.69. The molecule has 0 atom stereocenters. The number of rotatable bonds is 4. The quantitative estimate of drug-likeness (QED) is 0.811. The van der Waals surface area contributed by atoms with E-state index in [-0.39, 0.29) is 0 Å². The van der Waals surface area contributed by atoms with Gasteiger partial charge in [0.05, 0.1) is 11.3 Å². The number of hydrogen-bond donors (Lipinski definition) is 1. The van der Waals surface area contributed by atoms with E-state index < -0.39 is 0 Å². The first-order valence-corrected chi connectivity index (χ1v) is 5.13. The van der Waals surface area contributed by atoms with Crippen LogP contribution in [0.3, 0.4) is 0 Å². The van der Waals surface area contributed by atoms with Crippen LogP contribution in [0.1, 0.15) is 25.8 Å². The van der Waals surface area contributed by atoms with E-state index in [9.17, 15) is 0 Å². The van der Waals surface area contributed by atoms with Crippen LogP contribution >= 0.6 is 0 Å². The Labute approximate surface area is 90.3 Å². The van der Waals surface area contributed by atoms with E-state index in [1.165, 1.54) is 0 Å². The highest BCUT2D eigenvalue weighted by Crippen LogP contribution is 2.20. The highest BCUT2D eigenvalue weighted by molar-refractivity contribution is 5.64. The molecule has 80 valence electrons. The second-order valence-electron chi connectivity index (χ2n) is 3.33. The smallest absolute Gasteiger partial charge is 0.151 e. The standard InChI is InChI=1S/C11H16N4/c1-3-5-15(4-2)11-10(13)6-9(7-12)8-14-11/h6,8H,3-5,13H2,1-2H3. The largest absolute Gasteiger partial charge is 0.396 e. The summed E-state index contributed by atoms with van der Waals surface area (Å²) in [5, 5.41) is 8.69. The lowest BCUT2D eigenvalue weighted by Crippen LogP contribution is -2.25. The SMILES string of the molecule is CCCN(CC)c1ncc(C#N)cc1N. The Morgan fingerprint density at radius 1 is 1.53 bits per heavy atom. The van der Waals surface area contributed by atoms with Gasteiger partial charge in [0, 0.05) is 19.3 Å². The summed E-state index contributed by atoms with van der Waals surface area (Å²) in [6.45, 7) is 5.98. The topological polar surface area (TPSA) is 65.9 Å². The minimum absolute atomic E-state index is 0.504. The fourth-order valence-corrected chi connectivity index (χ4v) is 1.48. The first-order valence-electron chi connectivity index (χ1n) is 5.13. The normalized spacial score (nSPS) is 9.67. The van der Waals surface area contributed by atoms with Crippen LogP contribution < -0.4 is 10.6 Å². The summed E-state index contributed by atoms with van der Waals surface area (Å²) >= 11 is 0. The Bertz CT molecular complexity index is 367. The predicted octanol–water partition coefficient (Wildman–Crippen LogP) is 1.77. The first-order chi connectivity index (χ1) is 7.22. The summed E-state index contributed by atoms with van der Waals surface area (Å²) in [5.74, 6) is 0.776. The summed E-state index contributed by atoms with van der Waals surface area (Å²) in [4.78, 5) is 6.32. The van der Waals surface area contributed by atoms with E-state index in [0.29, 0.717) is 11.3 Å². The monoisotopic (exact) mass is 204 g/mol. The molecule has 0 saturated carbocycles. The van der Waals surface area contributed by atoms with E-state index >= 15 is 0 Å². The predicted molar refractivity (Wildman–Crippen MR) is 61.5 cm³/mol. The van der Waals surface area contributed by atoms with Crippen LogP contribution in [0.5, 0.6) is 0 Å². The first kappa shape index (κ1) is 11.3. The maximum atomic E-state index is 8.69. The van der Waals surface area contributed by atoms with Gasteiger partial charge < -0.3 is 10.6 Å². The highest BCUT2D eigenvalue weighted by atomic mass is 15.2. The molecule has 0 aliphatic carbocycles. The summed E-state index contributed by atoms with van der Waals surface area (Å²) in [5.41, 5.74) is 6.93. The van der Waals surface area contributed by atoms with Gasteiger partial charge in [-0.25, -0.2) is 4.98 Å². The van der Waals surface area contributed by atoms with E-state index in [4.69, 9.17) is 11.0 Å². The maximum Gasteiger partial charge on any atom is 0.151 e. The van der Waals surface area contributed by atoms with Gasteiger partial charge in [0.25, 0.3) is 0 Å². The van der Waals surface area contributed by atoms with Gasteiger partial charge >= 0.3 is 0 Å². The lowest BCUT2D eigenvalue weighted by Gasteiger charge is -2.22. The molecule has 0 saturated heterocycles. The molecule has 4 heteroatoms. The molecule has 0 fully saturated rings. The molecular formula is C11H16N4. The molecule has 4 nitrogen and oxygen atoms in total. The zero-order valence-electron chi connectivity index (χ0n) is 9.20. The van der Waals surface area contributed by atoms with Crippen molar-refractivity contribution in [1.29, 1.82) is 5.26 Å². The van der Waals surface area contributed by atoms with Gasteiger partial charge in [-0.3, -0.25) is 0 Å². The Morgan fingerprint density at radius 2 is 2.27 bits per heavy atom. The lowest BCUT2D eigenvalue weighted by molar-refractivity contribution is 0.780. The summed E-state index contributed by atoms with van der Waals surface area (Å²) in [6.07, 6.45) is 2.61. The van der Waals surface area contributed by atoms with Crippen molar-refractivity contribution in [2.75, 3.05) is 23.7 Å². The molecule has 0 aliphatic rings. The summed E-state index contributed by atoms with van der Waals surface area (Å²) in [7, 11) is 0. The lowest BCUT2D eigenvalue weighted by atomic mass is 10.2. The molecule has 0 bridgehead atoms. The molecule has 0 unspecified atom stereocenters. The van der Waals surface area contributed by atoms with Gasteiger partial charge in [-0.1, -0.05) is 6.92 Å². The molecule has 1 aromatic heterocycles. The van der Waals surface area contributed by atoms with Crippen LogP contribution in [0.4, 0.5) is 11.5 Å². The Hall–Kier alpha value is -1.76. The molecule has 1 rings (SSSR count). The van der Waals surface area contributed by atoms with Gasteiger partial charge in [0.2, 0.25) is 0 Å². The van der Waals surface area contributed by atoms with Crippen LogP contribution in [0.15, 0.2) is 12.3 Å². The van der Waals surface area contributed by atoms with E-state index in [0.717, 1.165) is 25.3 Å². The maximum absolute atomic E-state index is 8.69. The van der Waals surface area contributed by atoms with Crippen LogP contribution in [0.25, 0.3) is 0 Å². The van der Waals surface area contributed by atoms with Crippen LogP contribution in [0.2, 0.25) is 0 Å². The van der Waals surface area contributed by atoms with Gasteiger partial charge in [-0.05, 0) is 19.4 Å². The highest BCUT2D eigenvalue weighted by Gasteiger charge is 2.09. The van der Waals surface area contributed by atoms with Gasteiger partial charge in [0.1, 0.15) is 6.07 Å². The minimum Gasteiger partial charge on any atom is -0.396 e. The number of nitrogens with zero attached hydrogens (tertiary/aromatic N) is 3. The van der Waals surface area contributed by atoms with Crippen molar-refractivity contribution in [3.05, 3.63) is 17.8 Å². The van der Waals surface area contributed by atoms with Crippen LogP contribution in [-0.4, -0.2) is 18.1 Å². The molecule has 1 aromatic rings. The third kappa shape index (κ3) is 2.59. The number of hydrogen-bond acceptors (Lipinski definition) is 4. The summed E-state index contributed by atoms with van der Waals surface area (Å²) < 4.78 is 0. The van der Waals surface area contributed by atoms with Crippen molar-refractivity contribution in [2.45, 2.75) is 20.3 Å². The fourth-order valence-electron chi connectivity index (χ4n) is 1.48. The van der Waals surface area contributed by atoms with Gasteiger partial charge in [-0.2, -0.15) is 5.26 Å². The number of pyridine rings is 1. The van der Waals surface area contributed by atoms with Crippen molar-refractivity contribution in [1.82, 2.24) is 4.98 Å². The third-order valence-corrected chi connectivity index (χ3v) is 2.20. The third-order valence-electron chi connectivity index (χ3n) is 2.20. The number of nitriles is 1. The molecule has 2 N–H and O–H groups in total. The number of nitrogen functional groups attached to an aromatic ring is 1. The number of anilines is 2. The van der Waals surface area contributed by atoms with Gasteiger partial charge in [0.15, 0.2) is 5.82 Å². The second kappa shape index (κ2) is 5.20. The Morgan fingerprint density at radius 3 is 2.73 bits per heavy atom. The Kier molecular flexibility index (Phi) is 3.92. The molecular weight excluding hydrogens is 188 g/mol. The molecule has 0 aromatic carbocycles. The average molecular weight is 204 g/mol. The molecule has 15 heavy (non-hydrogen) atoms. The Balaban J connectivity index is 2.98. The molecule has 0 spiro atoms. The average Bonchev–Trinajstić information content (AvgIpc) is 2.26. The zero-order valence-corrected chi connectivity index (χ0v) is 9.20. The van der Waals surface area contributed by atoms with Crippen molar-refractivity contribution >= 4 is 11.5 Å². The molecule has 0 radical (unpaired) electrons. The van der Waals surface area contributed by atoms with Crippen molar-refractivity contribution in [3.63, 3.8) is 0 Å². The molecule has 0 aliphatic heterocycles. The van der Waals surface area contributed by atoms with E-state index in [2.05, 4.69) is 23.7 Å². The van der Waals surface area contributed by atoms with Crippen LogP contribution in [-0.2, 0) is 0 Å². The van der Waals surface area contributed by atoms with Crippen molar-refractivity contribution < 1.29 is 0 Å². The van der Waals surface area contributed by atoms with E-state index in [1.54, 1.807) is 12.3 Å². The molecule has 0 amide bonds. The fraction of sp³-hybridized carbons (Fsp3) is 0.455. The van der Waals surface area contributed by atoms with Crippen molar-refractivity contribution in [2.24, 2.45) is 0 Å². The van der Waals surface area contributed by atoms with Crippen LogP contribution in [0, 0.1) is 11.3 Å². The minimum atomic E-state index is 0.504. The molecule has 1 heterocycles.